The number of amides is 1. The van der Waals surface area contributed by atoms with Crippen LogP contribution in [-0.2, 0) is 4.74 Å². The Morgan fingerprint density at radius 3 is 2.75 bits per heavy atom. The van der Waals surface area contributed by atoms with Crippen LogP contribution in [0, 0.1) is 10.1 Å². The lowest BCUT2D eigenvalue weighted by molar-refractivity contribution is -0.384. The molecule has 1 rings (SSSR count). The van der Waals surface area contributed by atoms with Gasteiger partial charge in [0.2, 0.25) is 0 Å². The number of carbonyl (C=O) groups excluding carboxylic acids is 1. The molecule has 1 aromatic rings. The Morgan fingerprint density at radius 2 is 2.20 bits per heavy atom. The van der Waals surface area contributed by atoms with Crippen LogP contribution in [0.1, 0.15) is 10.4 Å². The summed E-state index contributed by atoms with van der Waals surface area (Å²) in [7, 11) is 1.50. The molecule has 8 heteroatoms. The van der Waals surface area contributed by atoms with Crippen molar-refractivity contribution in [3.05, 3.63) is 38.3 Å². The number of benzene rings is 1. The van der Waals surface area contributed by atoms with E-state index in [1.807, 2.05) is 0 Å². The van der Waals surface area contributed by atoms with Crippen molar-refractivity contribution in [3.63, 3.8) is 0 Å². The molecule has 0 aliphatic rings. The summed E-state index contributed by atoms with van der Waals surface area (Å²) in [5.41, 5.74) is 0.0241. The fourth-order valence-corrected chi connectivity index (χ4v) is 2.01. The van der Waals surface area contributed by atoms with Gasteiger partial charge in [0.1, 0.15) is 0 Å². The zero-order chi connectivity index (χ0) is 15.1. The maximum Gasteiger partial charge on any atom is 0.270 e. The summed E-state index contributed by atoms with van der Waals surface area (Å²) >= 11 is 3.20. The molecule has 0 aliphatic heterocycles. The summed E-state index contributed by atoms with van der Waals surface area (Å²) in [6.45, 7) is 0.558. The standard InChI is InChI=1S/C12H15BrN2O5/c1-20-7-5-14(4-6-16)12(17)10-8-9(15(18)19)2-3-11(10)13/h2-3,8,16H,4-7H2,1H3. The lowest BCUT2D eigenvalue weighted by Gasteiger charge is -2.21. The van der Waals surface area contributed by atoms with Gasteiger partial charge in [-0.05, 0) is 22.0 Å². The van der Waals surface area contributed by atoms with E-state index in [0.717, 1.165) is 0 Å². The maximum absolute atomic E-state index is 12.3. The number of nitrogens with zero attached hydrogens (tertiary/aromatic N) is 2. The van der Waals surface area contributed by atoms with Crippen LogP contribution in [-0.4, -0.2) is 54.3 Å². The average Bonchev–Trinajstić information content (AvgIpc) is 2.43. The van der Waals surface area contributed by atoms with Gasteiger partial charge in [0.05, 0.1) is 23.7 Å². The molecular weight excluding hydrogens is 332 g/mol. The van der Waals surface area contributed by atoms with Crippen molar-refractivity contribution >= 4 is 27.5 Å². The summed E-state index contributed by atoms with van der Waals surface area (Å²) in [5.74, 6) is -0.397. The highest BCUT2D eigenvalue weighted by Crippen LogP contribution is 2.23. The van der Waals surface area contributed by atoms with Gasteiger partial charge in [0.25, 0.3) is 11.6 Å². The second-order valence-electron chi connectivity index (χ2n) is 3.93. The molecule has 7 nitrogen and oxygen atoms in total. The molecule has 1 amide bonds. The molecule has 1 N–H and O–H groups in total. The molecule has 0 aliphatic carbocycles. The molecule has 0 fully saturated rings. The molecule has 0 saturated carbocycles. The lowest BCUT2D eigenvalue weighted by Crippen LogP contribution is -2.36. The summed E-state index contributed by atoms with van der Waals surface area (Å²) < 4.78 is 5.37. The predicted molar refractivity (Wildman–Crippen MR) is 75.7 cm³/mol. The molecule has 110 valence electrons. The van der Waals surface area contributed by atoms with E-state index in [0.29, 0.717) is 17.6 Å². The second kappa shape index (κ2) is 7.93. The monoisotopic (exact) mass is 346 g/mol. The van der Waals surface area contributed by atoms with Gasteiger partial charge >= 0.3 is 0 Å². The van der Waals surface area contributed by atoms with Gasteiger partial charge in [-0.25, -0.2) is 0 Å². The highest BCUT2D eigenvalue weighted by molar-refractivity contribution is 9.10. The van der Waals surface area contributed by atoms with Gasteiger partial charge in [-0.15, -0.1) is 0 Å². The van der Waals surface area contributed by atoms with E-state index in [2.05, 4.69) is 15.9 Å². The molecule has 20 heavy (non-hydrogen) atoms. The predicted octanol–water partition coefficient (Wildman–Crippen LogP) is 1.44. The van der Waals surface area contributed by atoms with Gasteiger partial charge in [-0.2, -0.15) is 0 Å². The number of carbonyl (C=O) groups is 1. The third kappa shape index (κ3) is 4.26. The van der Waals surface area contributed by atoms with Crippen LogP contribution in [0.25, 0.3) is 0 Å². The molecule has 0 unspecified atom stereocenters. The van der Waals surface area contributed by atoms with Crippen molar-refractivity contribution in [2.24, 2.45) is 0 Å². The van der Waals surface area contributed by atoms with Gasteiger partial charge < -0.3 is 14.7 Å². The Balaban J connectivity index is 3.03. The topological polar surface area (TPSA) is 92.9 Å². The molecule has 0 spiro atoms. The largest absolute Gasteiger partial charge is 0.395 e. The van der Waals surface area contributed by atoms with Crippen molar-refractivity contribution in [2.75, 3.05) is 33.4 Å². The van der Waals surface area contributed by atoms with E-state index >= 15 is 0 Å². The summed E-state index contributed by atoms with van der Waals surface area (Å²) in [6, 6.07) is 3.98. The molecular formula is C12H15BrN2O5. The number of aliphatic hydroxyl groups is 1. The third-order valence-corrected chi connectivity index (χ3v) is 3.31. The van der Waals surface area contributed by atoms with Gasteiger partial charge in [-0.3, -0.25) is 14.9 Å². The Bertz CT molecular complexity index is 495. The number of hydrogen-bond acceptors (Lipinski definition) is 5. The van der Waals surface area contributed by atoms with Crippen LogP contribution in [0.15, 0.2) is 22.7 Å². The Hall–Kier alpha value is -1.51. The van der Waals surface area contributed by atoms with E-state index < -0.39 is 10.8 Å². The van der Waals surface area contributed by atoms with Crippen LogP contribution in [0.2, 0.25) is 0 Å². The normalized spacial score (nSPS) is 10.3. The number of rotatable bonds is 7. The first-order chi connectivity index (χ1) is 9.51. The maximum atomic E-state index is 12.3. The quantitative estimate of drug-likeness (QED) is 0.595. The van der Waals surface area contributed by atoms with Gasteiger partial charge in [0.15, 0.2) is 0 Å². The summed E-state index contributed by atoms with van der Waals surface area (Å²) in [4.78, 5) is 23.9. The molecule has 0 heterocycles. The Morgan fingerprint density at radius 1 is 1.50 bits per heavy atom. The van der Waals surface area contributed by atoms with E-state index in [9.17, 15) is 14.9 Å². The first kappa shape index (κ1) is 16.5. The molecule has 0 bridgehead atoms. The number of nitro benzene ring substituents is 1. The molecule has 0 atom stereocenters. The third-order valence-electron chi connectivity index (χ3n) is 2.61. The first-order valence-corrected chi connectivity index (χ1v) is 6.63. The molecule has 0 radical (unpaired) electrons. The fourth-order valence-electron chi connectivity index (χ4n) is 1.60. The van der Waals surface area contributed by atoms with Gasteiger partial charge in [0, 0.05) is 36.8 Å². The van der Waals surface area contributed by atoms with E-state index in [1.54, 1.807) is 0 Å². The highest BCUT2D eigenvalue weighted by atomic mass is 79.9. The SMILES string of the molecule is COCCN(CCO)C(=O)c1cc([N+](=O)[O-])ccc1Br. The Kier molecular flexibility index (Phi) is 6.56. The van der Waals surface area contributed by atoms with E-state index in [-0.39, 0.29) is 24.4 Å². The smallest absolute Gasteiger partial charge is 0.270 e. The number of hydrogen-bond donors (Lipinski definition) is 1. The number of nitro groups is 1. The lowest BCUT2D eigenvalue weighted by atomic mass is 10.1. The van der Waals surface area contributed by atoms with Crippen LogP contribution >= 0.6 is 15.9 Å². The Labute approximate surface area is 124 Å². The van der Waals surface area contributed by atoms with Crippen molar-refractivity contribution in [1.29, 1.82) is 0 Å². The number of aliphatic hydroxyl groups excluding tert-OH is 1. The summed E-state index contributed by atoms with van der Waals surface area (Å²) in [6.07, 6.45) is 0. The molecule has 1 aromatic carbocycles. The molecule has 0 aromatic heterocycles. The van der Waals surface area contributed by atoms with Gasteiger partial charge in [-0.1, -0.05) is 0 Å². The van der Waals surface area contributed by atoms with Crippen LogP contribution < -0.4 is 0 Å². The van der Waals surface area contributed by atoms with Crippen LogP contribution in [0.5, 0.6) is 0 Å². The minimum absolute atomic E-state index is 0.136. The van der Waals surface area contributed by atoms with Crippen molar-refractivity contribution in [3.8, 4) is 0 Å². The average molecular weight is 347 g/mol. The van der Waals surface area contributed by atoms with Crippen LogP contribution in [0.4, 0.5) is 5.69 Å². The van der Waals surface area contributed by atoms with Crippen LogP contribution in [0.3, 0.4) is 0 Å². The molecule has 0 saturated heterocycles. The van der Waals surface area contributed by atoms with Crippen molar-refractivity contribution in [1.82, 2.24) is 4.90 Å². The number of ether oxygens (including phenoxy) is 1. The second-order valence-corrected chi connectivity index (χ2v) is 4.78. The number of methoxy groups -OCH3 is 1. The van der Waals surface area contributed by atoms with Crippen molar-refractivity contribution < 1.29 is 19.6 Å². The van der Waals surface area contributed by atoms with Crippen molar-refractivity contribution in [2.45, 2.75) is 0 Å². The number of non-ortho nitro benzene ring substituents is 1. The highest BCUT2D eigenvalue weighted by Gasteiger charge is 2.20. The van der Waals surface area contributed by atoms with E-state index in [1.165, 1.54) is 30.2 Å². The first-order valence-electron chi connectivity index (χ1n) is 5.84. The number of halogens is 1. The zero-order valence-electron chi connectivity index (χ0n) is 10.9. The minimum atomic E-state index is -0.561. The fraction of sp³-hybridized carbons (Fsp3) is 0.417. The zero-order valence-corrected chi connectivity index (χ0v) is 12.5. The minimum Gasteiger partial charge on any atom is -0.395 e. The van der Waals surface area contributed by atoms with E-state index in [4.69, 9.17) is 9.84 Å². The summed E-state index contributed by atoms with van der Waals surface area (Å²) in [5, 5.41) is 19.7.